The Balaban J connectivity index is 1.07. The molecule has 158 valence electrons. The normalized spacial score (nSPS) is 20.7. The van der Waals surface area contributed by atoms with E-state index < -0.39 is 0 Å². The Bertz CT molecular complexity index is 911. The maximum Gasteiger partial charge on any atom is 0.279 e. The first-order chi connectivity index (χ1) is 14.8. The molecule has 0 amide bonds. The van der Waals surface area contributed by atoms with Crippen LogP contribution in [0.25, 0.3) is 10.2 Å². The molecule has 0 spiro atoms. The van der Waals surface area contributed by atoms with E-state index in [1.807, 2.05) is 18.2 Å². The number of hydrogen-bond acceptors (Lipinski definition) is 6. The Morgan fingerprint density at radius 3 is 2.57 bits per heavy atom. The molecule has 2 aromatic carbocycles. The summed E-state index contributed by atoms with van der Waals surface area (Å²) in [4.78, 5) is 9.69. The molecule has 3 heterocycles. The molecule has 0 aliphatic carbocycles. The van der Waals surface area contributed by atoms with Gasteiger partial charge in [0.05, 0.1) is 16.3 Å². The van der Waals surface area contributed by atoms with Gasteiger partial charge < -0.3 is 14.4 Å². The fraction of sp³-hybridized carbons (Fsp3) is 0.458. The second-order valence-electron chi connectivity index (χ2n) is 8.22. The average molecular weight is 424 g/mol. The number of hydrogen-bond donors (Lipinski definition) is 0. The number of para-hydroxylation sites is 1. The smallest absolute Gasteiger partial charge is 0.279 e. The van der Waals surface area contributed by atoms with Crippen LogP contribution in [0, 0.1) is 0 Å². The second kappa shape index (κ2) is 9.43. The topological polar surface area (TPSA) is 37.8 Å². The maximum atomic E-state index is 5.96. The molecule has 2 saturated heterocycles. The molecule has 1 atom stereocenters. The number of piperazine rings is 1. The van der Waals surface area contributed by atoms with Crippen LogP contribution in [0.5, 0.6) is 10.9 Å². The van der Waals surface area contributed by atoms with Crippen molar-refractivity contribution in [3.8, 4) is 10.9 Å². The third-order valence-corrected chi connectivity index (χ3v) is 6.98. The minimum Gasteiger partial charge on any atom is -0.431 e. The first kappa shape index (κ1) is 19.9. The summed E-state index contributed by atoms with van der Waals surface area (Å²) in [6.07, 6.45) is 4.02. The zero-order valence-corrected chi connectivity index (χ0v) is 18.2. The minimum absolute atomic E-state index is 0.472. The number of rotatable bonds is 7. The van der Waals surface area contributed by atoms with Crippen LogP contribution in [0.2, 0.25) is 0 Å². The van der Waals surface area contributed by atoms with Crippen LogP contribution in [0.15, 0.2) is 48.5 Å². The lowest BCUT2D eigenvalue weighted by Gasteiger charge is -2.35. The van der Waals surface area contributed by atoms with Gasteiger partial charge in [0.25, 0.3) is 5.19 Å². The van der Waals surface area contributed by atoms with Crippen molar-refractivity contribution in [2.75, 3.05) is 45.9 Å². The van der Waals surface area contributed by atoms with Crippen LogP contribution in [-0.4, -0.2) is 66.8 Å². The van der Waals surface area contributed by atoms with Crippen molar-refractivity contribution in [1.29, 1.82) is 0 Å². The summed E-state index contributed by atoms with van der Waals surface area (Å²) in [5.41, 5.74) is 2.35. The van der Waals surface area contributed by atoms with Gasteiger partial charge in [-0.3, -0.25) is 4.90 Å². The number of fused-ring (bicyclic) bond motifs is 1. The van der Waals surface area contributed by atoms with Crippen molar-refractivity contribution in [3.63, 3.8) is 0 Å². The Morgan fingerprint density at radius 1 is 1.00 bits per heavy atom. The van der Waals surface area contributed by atoms with Crippen molar-refractivity contribution in [1.82, 2.24) is 14.8 Å². The summed E-state index contributed by atoms with van der Waals surface area (Å²) in [7, 11) is 0. The van der Waals surface area contributed by atoms with E-state index in [-0.39, 0.29) is 0 Å². The van der Waals surface area contributed by atoms with Gasteiger partial charge in [0.2, 0.25) is 0 Å². The molecule has 2 aliphatic rings. The first-order valence-electron chi connectivity index (χ1n) is 11.0. The summed E-state index contributed by atoms with van der Waals surface area (Å²) < 4.78 is 12.9. The lowest BCUT2D eigenvalue weighted by molar-refractivity contribution is 0.0507. The molecule has 5 nitrogen and oxygen atoms in total. The molecule has 1 aromatic heterocycles. The summed E-state index contributed by atoms with van der Waals surface area (Å²) in [6.45, 7) is 7.82. The van der Waals surface area contributed by atoms with Gasteiger partial charge in [-0.2, -0.15) is 0 Å². The summed E-state index contributed by atoms with van der Waals surface area (Å²) in [5, 5.41) is 0.699. The molecule has 0 bridgehead atoms. The third kappa shape index (κ3) is 5.01. The van der Waals surface area contributed by atoms with Crippen LogP contribution < -0.4 is 4.74 Å². The fourth-order valence-corrected chi connectivity index (χ4v) is 5.11. The highest BCUT2D eigenvalue weighted by Gasteiger charge is 2.22. The number of ether oxygens (including phenoxy) is 2. The molecule has 30 heavy (non-hydrogen) atoms. The zero-order chi connectivity index (χ0) is 20.2. The molecule has 0 N–H and O–H groups in total. The average Bonchev–Trinajstić information content (AvgIpc) is 3.43. The van der Waals surface area contributed by atoms with Gasteiger partial charge in [0.1, 0.15) is 5.75 Å². The van der Waals surface area contributed by atoms with E-state index in [0.29, 0.717) is 11.3 Å². The fourth-order valence-electron chi connectivity index (χ4n) is 4.28. The van der Waals surface area contributed by atoms with Gasteiger partial charge in [-0.05, 0) is 49.1 Å². The van der Waals surface area contributed by atoms with E-state index >= 15 is 0 Å². The predicted molar refractivity (Wildman–Crippen MR) is 122 cm³/mol. The molecule has 0 radical (unpaired) electrons. The first-order valence-corrected chi connectivity index (χ1v) is 11.8. The lowest BCUT2D eigenvalue weighted by atomic mass is 10.1. The highest BCUT2D eigenvalue weighted by atomic mass is 32.1. The molecule has 0 unspecified atom stereocenters. The van der Waals surface area contributed by atoms with Crippen LogP contribution in [0.4, 0.5) is 0 Å². The Morgan fingerprint density at radius 2 is 1.80 bits per heavy atom. The van der Waals surface area contributed by atoms with Crippen molar-refractivity contribution in [2.45, 2.75) is 25.4 Å². The van der Waals surface area contributed by atoms with Crippen LogP contribution in [0.1, 0.15) is 18.4 Å². The minimum atomic E-state index is 0.472. The molecule has 2 aliphatic heterocycles. The van der Waals surface area contributed by atoms with Crippen molar-refractivity contribution in [2.24, 2.45) is 0 Å². The maximum absolute atomic E-state index is 5.96. The number of benzene rings is 2. The number of aromatic nitrogens is 1. The van der Waals surface area contributed by atoms with Crippen LogP contribution in [-0.2, 0) is 11.2 Å². The SMILES string of the molecule is c1ccc2sc(Oc3ccc(CCN4CCN(C[C@H]5CCCO5)CC4)cc3)nc2c1. The van der Waals surface area contributed by atoms with E-state index in [1.165, 1.54) is 18.4 Å². The van der Waals surface area contributed by atoms with Gasteiger partial charge >= 0.3 is 0 Å². The molecule has 0 saturated carbocycles. The highest BCUT2D eigenvalue weighted by Crippen LogP contribution is 2.31. The predicted octanol–water partition coefficient (Wildman–Crippen LogP) is 4.43. The van der Waals surface area contributed by atoms with Gasteiger partial charge in [-0.25, -0.2) is 4.98 Å². The summed E-state index contributed by atoms with van der Waals surface area (Å²) in [5.74, 6) is 0.848. The zero-order valence-electron chi connectivity index (χ0n) is 17.3. The van der Waals surface area contributed by atoms with Gasteiger partial charge in [-0.15, -0.1) is 0 Å². The molecule has 6 heteroatoms. The largest absolute Gasteiger partial charge is 0.431 e. The Labute approximate surface area is 182 Å². The lowest BCUT2D eigenvalue weighted by Crippen LogP contribution is -2.48. The molecule has 5 rings (SSSR count). The monoisotopic (exact) mass is 423 g/mol. The van der Waals surface area contributed by atoms with Crippen molar-refractivity contribution in [3.05, 3.63) is 54.1 Å². The second-order valence-corrected chi connectivity index (χ2v) is 9.21. The van der Waals surface area contributed by atoms with E-state index in [4.69, 9.17) is 9.47 Å². The standard InChI is InChI=1S/C24H29N3O2S/c1-2-6-23-22(5-1)25-24(30-23)29-20-9-7-19(8-10-20)11-12-26-13-15-27(16-14-26)18-21-4-3-17-28-21/h1-2,5-10,21H,3-4,11-18H2/t21-/m1/s1. The Hall–Kier alpha value is -1.99. The van der Waals surface area contributed by atoms with Crippen LogP contribution >= 0.6 is 11.3 Å². The third-order valence-electron chi connectivity index (χ3n) is 6.07. The van der Waals surface area contributed by atoms with Crippen molar-refractivity contribution >= 4 is 21.6 Å². The molecular weight excluding hydrogens is 394 g/mol. The van der Waals surface area contributed by atoms with E-state index in [2.05, 4.69) is 45.1 Å². The molecule has 3 aromatic rings. The van der Waals surface area contributed by atoms with E-state index in [9.17, 15) is 0 Å². The Kier molecular flexibility index (Phi) is 6.27. The van der Waals surface area contributed by atoms with E-state index in [1.54, 1.807) is 11.3 Å². The van der Waals surface area contributed by atoms with Crippen LogP contribution in [0.3, 0.4) is 0 Å². The van der Waals surface area contributed by atoms with Crippen molar-refractivity contribution < 1.29 is 9.47 Å². The summed E-state index contributed by atoms with van der Waals surface area (Å²) >= 11 is 1.58. The van der Waals surface area contributed by atoms with Gasteiger partial charge in [-0.1, -0.05) is 35.6 Å². The molecule has 2 fully saturated rings. The number of nitrogens with zero attached hydrogens (tertiary/aromatic N) is 3. The summed E-state index contributed by atoms with van der Waals surface area (Å²) in [6, 6.07) is 16.6. The number of thiazole rings is 1. The van der Waals surface area contributed by atoms with Gasteiger partial charge in [0.15, 0.2) is 0 Å². The quantitative estimate of drug-likeness (QED) is 0.562. The highest BCUT2D eigenvalue weighted by molar-refractivity contribution is 7.20. The van der Waals surface area contributed by atoms with Gasteiger partial charge in [0, 0.05) is 45.9 Å². The van der Waals surface area contributed by atoms with E-state index in [0.717, 1.165) is 68.3 Å². The molecular formula is C24H29N3O2S.